The van der Waals surface area contributed by atoms with E-state index in [9.17, 15) is 0 Å². The predicted octanol–water partition coefficient (Wildman–Crippen LogP) is 5.50. The first-order chi connectivity index (χ1) is 10.8. The highest BCUT2D eigenvalue weighted by Crippen LogP contribution is 2.29. The third kappa shape index (κ3) is 2.96. The van der Waals surface area contributed by atoms with Crippen LogP contribution in [0.25, 0.3) is 22.2 Å². The lowest BCUT2D eigenvalue weighted by molar-refractivity contribution is 0.672. The van der Waals surface area contributed by atoms with Crippen LogP contribution in [0.4, 0.5) is 5.69 Å². The highest BCUT2D eigenvalue weighted by atomic mass is 14.9. The van der Waals surface area contributed by atoms with Gasteiger partial charge in [-0.3, -0.25) is 0 Å². The molecule has 2 heteroatoms. The Morgan fingerprint density at radius 1 is 0.909 bits per heavy atom. The van der Waals surface area contributed by atoms with Crippen molar-refractivity contribution in [3.8, 4) is 11.3 Å². The van der Waals surface area contributed by atoms with Crippen LogP contribution in [0.3, 0.4) is 0 Å². The minimum atomic E-state index is 0.495. The Labute approximate surface area is 132 Å². The minimum absolute atomic E-state index is 0.495. The normalized spacial score (nSPS) is 11.0. The summed E-state index contributed by atoms with van der Waals surface area (Å²) >= 11 is 0. The second-order valence-corrected chi connectivity index (χ2v) is 5.60. The fourth-order valence-corrected chi connectivity index (χ4v) is 2.76. The van der Waals surface area contributed by atoms with E-state index in [1.807, 2.05) is 12.1 Å². The summed E-state index contributed by atoms with van der Waals surface area (Å²) in [7, 11) is 0. The number of benzene rings is 2. The molecule has 0 aliphatic heterocycles. The molecule has 0 aliphatic carbocycles. The van der Waals surface area contributed by atoms with Crippen molar-refractivity contribution in [1.82, 2.24) is 4.98 Å². The molecule has 0 amide bonds. The molecule has 0 unspecified atom stereocenters. The Bertz CT molecular complexity index is 746. The zero-order valence-electron chi connectivity index (χ0n) is 13.2. The van der Waals surface area contributed by atoms with E-state index in [1.54, 1.807) is 0 Å². The Morgan fingerprint density at radius 2 is 1.59 bits per heavy atom. The molecule has 1 aromatic heterocycles. The molecule has 0 saturated heterocycles. The van der Waals surface area contributed by atoms with E-state index in [0.29, 0.717) is 6.04 Å². The summed E-state index contributed by atoms with van der Waals surface area (Å²) in [6.45, 7) is 4.45. The second-order valence-electron chi connectivity index (χ2n) is 5.60. The number of pyridine rings is 1. The van der Waals surface area contributed by atoms with Gasteiger partial charge in [0.25, 0.3) is 0 Å². The molecule has 3 rings (SSSR count). The molecule has 0 bridgehead atoms. The maximum absolute atomic E-state index is 4.83. The van der Waals surface area contributed by atoms with Gasteiger partial charge in [-0.25, -0.2) is 4.98 Å². The van der Waals surface area contributed by atoms with Crippen LogP contribution >= 0.6 is 0 Å². The van der Waals surface area contributed by atoms with Crippen molar-refractivity contribution < 1.29 is 0 Å². The fraction of sp³-hybridized carbons (Fsp3) is 0.250. The third-order valence-corrected chi connectivity index (χ3v) is 4.13. The number of nitrogens with zero attached hydrogens (tertiary/aromatic N) is 1. The number of para-hydroxylation sites is 1. The zero-order chi connectivity index (χ0) is 15.4. The summed E-state index contributed by atoms with van der Waals surface area (Å²) < 4.78 is 0. The number of aromatic nitrogens is 1. The minimum Gasteiger partial charge on any atom is -0.382 e. The molecule has 3 aromatic rings. The van der Waals surface area contributed by atoms with E-state index in [-0.39, 0.29) is 0 Å². The molecule has 0 aliphatic rings. The van der Waals surface area contributed by atoms with Crippen LogP contribution in [-0.4, -0.2) is 11.0 Å². The molecular formula is C20H22N2. The number of hydrogen-bond donors (Lipinski definition) is 1. The maximum Gasteiger partial charge on any atom is 0.0730 e. The summed E-state index contributed by atoms with van der Waals surface area (Å²) in [4.78, 5) is 4.83. The van der Waals surface area contributed by atoms with E-state index in [2.05, 4.69) is 67.7 Å². The van der Waals surface area contributed by atoms with Gasteiger partial charge >= 0.3 is 0 Å². The predicted molar refractivity (Wildman–Crippen MR) is 95.2 cm³/mol. The topological polar surface area (TPSA) is 24.9 Å². The Morgan fingerprint density at radius 3 is 2.32 bits per heavy atom. The molecule has 2 nitrogen and oxygen atoms in total. The van der Waals surface area contributed by atoms with Gasteiger partial charge in [-0.2, -0.15) is 0 Å². The molecule has 2 aromatic carbocycles. The monoisotopic (exact) mass is 290 g/mol. The summed E-state index contributed by atoms with van der Waals surface area (Å²) in [5, 5.41) is 4.88. The van der Waals surface area contributed by atoms with Crippen LogP contribution < -0.4 is 5.32 Å². The van der Waals surface area contributed by atoms with Gasteiger partial charge in [-0.05, 0) is 25.0 Å². The molecule has 0 spiro atoms. The Balaban J connectivity index is 2.12. The smallest absolute Gasteiger partial charge is 0.0730 e. The van der Waals surface area contributed by atoms with Crippen molar-refractivity contribution in [2.45, 2.75) is 32.7 Å². The van der Waals surface area contributed by atoms with Crippen molar-refractivity contribution in [3.05, 3.63) is 60.7 Å². The maximum atomic E-state index is 4.83. The van der Waals surface area contributed by atoms with Crippen molar-refractivity contribution in [1.29, 1.82) is 0 Å². The van der Waals surface area contributed by atoms with Crippen LogP contribution in [0.5, 0.6) is 0 Å². The van der Waals surface area contributed by atoms with Gasteiger partial charge in [0.15, 0.2) is 0 Å². The molecule has 1 heterocycles. The number of nitrogens with one attached hydrogen (secondary N) is 1. The first-order valence-corrected chi connectivity index (χ1v) is 8.03. The number of fused-ring (bicyclic) bond motifs is 1. The molecule has 0 radical (unpaired) electrons. The quantitative estimate of drug-likeness (QED) is 0.671. The molecule has 0 saturated carbocycles. The largest absolute Gasteiger partial charge is 0.382 e. The van der Waals surface area contributed by atoms with Gasteiger partial charge in [0.1, 0.15) is 0 Å². The van der Waals surface area contributed by atoms with E-state index < -0.39 is 0 Å². The lowest BCUT2D eigenvalue weighted by Crippen LogP contribution is -2.17. The molecule has 1 N–H and O–H groups in total. The summed E-state index contributed by atoms with van der Waals surface area (Å²) in [6, 6.07) is 21.4. The van der Waals surface area contributed by atoms with Crippen molar-refractivity contribution in [2.75, 3.05) is 5.32 Å². The molecule has 0 fully saturated rings. The standard InChI is InChI=1S/C20H22N2/c1-3-16(4-2)21-20-14-19(15-10-6-5-7-11-15)22-18-13-9-8-12-17(18)20/h5-14,16H,3-4H2,1-2H3,(H,21,22). The van der Waals surface area contributed by atoms with Crippen LogP contribution in [0.2, 0.25) is 0 Å². The Kier molecular flexibility index (Phi) is 4.38. The van der Waals surface area contributed by atoms with Crippen LogP contribution in [0.1, 0.15) is 26.7 Å². The highest BCUT2D eigenvalue weighted by Gasteiger charge is 2.10. The summed E-state index contributed by atoms with van der Waals surface area (Å²) in [6.07, 6.45) is 2.24. The highest BCUT2D eigenvalue weighted by molar-refractivity contribution is 5.93. The first kappa shape index (κ1) is 14.6. The molecule has 22 heavy (non-hydrogen) atoms. The van der Waals surface area contributed by atoms with Gasteiger partial charge in [0.2, 0.25) is 0 Å². The lowest BCUT2D eigenvalue weighted by Gasteiger charge is -2.18. The van der Waals surface area contributed by atoms with Crippen LogP contribution in [-0.2, 0) is 0 Å². The molecular weight excluding hydrogens is 268 g/mol. The van der Waals surface area contributed by atoms with Gasteiger partial charge in [-0.1, -0.05) is 62.4 Å². The fourth-order valence-electron chi connectivity index (χ4n) is 2.76. The average molecular weight is 290 g/mol. The van der Waals surface area contributed by atoms with E-state index >= 15 is 0 Å². The molecule has 0 atom stereocenters. The van der Waals surface area contributed by atoms with Crippen molar-refractivity contribution >= 4 is 16.6 Å². The van der Waals surface area contributed by atoms with Gasteiger partial charge < -0.3 is 5.32 Å². The van der Waals surface area contributed by atoms with Gasteiger partial charge in [0.05, 0.1) is 11.2 Å². The zero-order valence-corrected chi connectivity index (χ0v) is 13.2. The SMILES string of the molecule is CCC(CC)Nc1cc(-c2ccccc2)nc2ccccc12. The second kappa shape index (κ2) is 6.61. The van der Waals surface area contributed by atoms with Crippen LogP contribution in [0, 0.1) is 0 Å². The number of anilines is 1. The van der Waals surface area contributed by atoms with E-state index in [1.165, 1.54) is 11.1 Å². The summed E-state index contributed by atoms with van der Waals surface area (Å²) in [5.74, 6) is 0. The average Bonchev–Trinajstić information content (AvgIpc) is 2.60. The van der Waals surface area contributed by atoms with Crippen LogP contribution in [0.15, 0.2) is 60.7 Å². The summed E-state index contributed by atoms with van der Waals surface area (Å²) in [5.41, 5.74) is 4.39. The molecule has 112 valence electrons. The van der Waals surface area contributed by atoms with E-state index in [4.69, 9.17) is 4.98 Å². The first-order valence-electron chi connectivity index (χ1n) is 8.03. The van der Waals surface area contributed by atoms with Gasteiger partial charge in [-0.15, -0.1) is 0 Å². The lowest BCUT2D eigenvalue weighted by atomic mass is 10.1. The van der Waals surface area contributed by atoms with E-state index in [0.717, 1.165) is 29.6 Å². The number of rotatable bonds is 5. The third-order valence-electron chi connectivity index (χ3n) is 4.13. The van der Waals surface area contributed by atoms with Crippen molar-refractivity contribution in [2.24, 2.45) is 0 Å². The van der Waals surface area contributed by atoms with Gasteiger partial charge in [0, 0.05) is 22.7 Å². The van der Waals surface area contributed by atoms with Crippen molar-refractivity contribution in [3.63, 3.8) is 0 Å². The Hall–Kier alpha value is -2.35. The number of hydrogen-bond acceptors (Lipinski definition) is 2.